The first kappa shape index (κ1) is 13.9. The second-order valence-corrected chi connectivity index (χ2v) is 4.94. The number of para-hydroxylation sites is 1. The molecule has 1 N–H and O–H groups in total. The first-order valence-corrected chi connectivity index (χ1v) is 6.85. The number of carbonyl (C=O) groups excluding carboxylic acids is 1. The zero-order chi connectivity index (χ0) is 13.8. The molecule has 19 heavy (non-hydrogen) atoms. The molecule has 0 spiro atoms. The fourth-order valence-electron chi connectivity index (χ4n) is 2.51. The number of likely N-dealkylation sites (tertiary alicyclic amines) is 1. The highest BCUT2D eigenvalue weighted by molar-refractivity contribution is 5.83. The topological polar surface area (TPSA) is 41.6 Å². The lowest BCUT2D eigenvalue weighted by molar-refractivity contribution is -0.132. The zero-order valence-corrected chi connectivity index (χ0v) is 11.8. The maximum absolute atomic E-state index is 11.9. The second-order valence-electron chi connectivity index (χ2n) is 4.94. The van der Waals surface area contributed by atoms with Crippen LogP contribution in [0.1, 0.15) is 31.4 Å². The first-order chi connectivity index (χ1) is 9.17. The summed E-state index contributed by atoms with van der Waals surface area (Å²) in [5.74, 6) is 0.893. The summed E-state index contributed by atoms with van der Waals surface area (Å²) in [5.41, 5.74) is 1.12. The largest absolute Gasteiger partial charge is 0.480 e. The third kappa shape index (κ3) is 2.89. The van der Waals surface area contributed by atoms with Crippen molar-refractivity contribution in [1.82, 2.24) is 10.2 Å². The number of nitrogens with zero attached hydrogens (tertiary/aromatic N) is 1. The molecule has 104 valence electrons. The standard InChI is InChI=1S/C15H22N2O2/c1-4-12(16-2)11-7-5-6-8-13(11)19-14-9-10-17(3)15(14)18/h5-8,12,14,16H,4,9-10H2,1-3H3. The minimum Gasteiger partial charge on any atom is -0.480 e. The van der Waals surface area contributed by atoms with Crippen LogP contribution in [0.3, 0.4) is 0 Å². The Balaban J connectivity index is 2.18. The smallest absolute Gasteiger partial charge is 0.263 e. The van der Waals surface area contributed by atoms with Crippen LogP contribution in [0.4, 0.5) is 0 Å². The summed E-state index contributed by atoms with van der Waals surface area (Å²) in [4.78, 5) is 13.6. The molecule has 1 amide bonds. The molecular weight excluding hydrogens is 240 g/mol. The Bertz CT molecular complexity index is 444. The van der Waals surface area contributed by atoms with Crippen LogP contribution in [-0.2, 0) is 4.79 Å². The van der Waals surface area contributed by atoms with Crippen LogP contribution in [0.25, 0.3) is 0 Å². The molecule has 1 aliphatic heterocycles. The van der Waals surface area contributed by atoms with Gasteiger partial charge in [-0.2, -0.15) is 0 Å². The van der Waals surface area contributed by atoms with Crippen molar-refractivity contribution in [1.29, 1.82) is 0 Å². The van der Waals surface area contributed by atoms with E-state index in [4.69, 9.17) is 4.74 Å². The van der Waals surface area contributed by atoms with Crippen molar-refractivity contribution in [3.05, 3.63) is 29.8 Å². The predicted molar refractivity (Wildman–Crippen MR) is 75.2 cm³/mol. The summed E-state index contributed by atoms with van der Waals surface area (Å²) >= 11 is 0. The molecule has 1 aromatic carbocycles. The SMILES string of the molecule is CCC(NC)c1ccccc1OC1CCN(C)C1=O. The normalized spacial score (nSPS) is 20.7. The number of nitrogens with one attached hydrogen (secondary N) is 1. The summed E-state index contributed by atoms with van der Waals surface area (Å²) in [6.45, 7) is 2.90. The first-order valence-electron chi connectivity index (χ1n) is 6.85. The lowest BCUT2D eigenvalue weighted by Gasteiger charge is -2.20. The van der Waals surface area contributed by atoms with Crippen LogP contribution < -0.4 is 10.1 Å². The molecule has 1 aromatic rings. The molecule has 1 heterocycles. The lowest BCUT2D eigenvalue weighted by atomic mass is 10.0. The predicted octanol–water partition coefficient (Wildman–Crippen LogP) is 1.97. The Morgan fingerprint density at radius 2 is 2.21 bits per heavy atom. The second kappa shape index (κ2) is 6.06. The van der Waals surface area contributed by atoms with Crippen LogP contribution in [0.5, 0.6) is 5.75 Å². The molecular formula is C15H22N2O2. The number of benzene rings is 1. The monoisotopic (exact) mass is 262 g/mol. The molecule has 0 bridgehead atoms. The van der Waals surface area contributed by atoms with Gasteiger partial charge in [0.25, 0.3) is 5.91 Å². The van der Waals surface area contributed by atoms with Gasteiger partial charge in [0, 0.05) is 31.6 Å². The highest BCUT2D eigenvalue weighted by atomic mass is 16.5. The van der Waals surface area contributed by atoms with Crippen molar-refractivity contribution < 1.29 is 9.53 Å². The molecule has 4 heteroatoms. The molecule has 0 radical (unpaired) electrons. The van der Waals surface area contributed by atoms with Crippen LogP contribution in [0.2, 0.25) is 0 Å². The third-order valence-electron chi connectivity index (χ3n) is 3.70. The van der Waals surface area contributed by atoms with Crippen LogP contribution in [0.15, 0.2) is 24.3 Å². The van der Waals surface area contributed by atoms with E-state index in [9.17, 15) is 4.79 Å². The van der Waals surface area contributed by atoms with Crippen molar-refractivity contribution in [2.75, 3.05) is 20.6 Å². The summed E-state index contributed by atoms with van der Waals surface area (Å²) < 4.78 is 5.94. The van der Waals surface area contributed by atoms with Gasteiger partial charge in [0.15, 0.2) is 6.10 Å². The van der Waals surface area contributed by atoms with E-state index in [0.29, 0.717) is 0 Å². The molecule has 0 saturated carbocycles. The van der Waals surface area contributed by atoms with Gasteiger partial charge in [-0.25, -0.2) is 0 Å². The molecule has 0 aromatic heterocycles. The van der Waals surface area contributed by atoms with Gasteiger partial charge < -0.3 is 15.0 Å². The van der Waals surface area contributed by atoms with Crippen LogP contribution in [-0.4, -0.2) is 37.6 Å². The summed E-state index contributed by atoms with van der Waals surface area (Å²) in [6.07, 6.45) is 1.41. The van der Waals surface area contributed by atoms with Gasteiger partial charge in [0.2, 0.25) is 0 Å². The Labute approximate surface area is 114 Å². The Hall–Kier alpha value is -1.55. The van der Waals surface area contributed by atoms with E-state index in [-0.39, 0.29) is 18.1 Å². The van der Waals surface area contributed by atoms with E-state index in [2.05, 4.69) is 18.3 Å². The molecule has 1 fully saturated rings. The van der Waals surface area contributed by atoms with Crippen LogP contribution >= 0.6 is 0 Å². The van der Waals surface area contributed by atoms with Gasteiger partial charge in [-0.05, 0) is 19.5 Å². The Morgan fingerprint density at radius 1 is 1.47 bits per heavy atom. The molecule has 0 aliphatic carbocycles. The fourth-order valence-corrected chi connectivity index (χ4v) is 2.51. The highest BCUT2D eigenvalue weighted by Crippen LogP contribution is 2.29. The molecule has 2 unspecified atom stereocenters. The number of rotatable bonds is 5. The Kier molecular flexibility index (Phi) is 4.43. The van der Waals surface area contributed by atoms with Gasteiger partial charge in [-0.1, -0.05) is 25.1 Å². The minimum absolute atomic E-state index is 0.0762. The number of hydrogen-bond acceptors (Lipinski definition) is 3. The summed E-state index contributed by atoms with van der Waals surface area (Å²) in [7, 11) is 3.76. The number of hydrogen-bond donors (Lipinski definition) is 1. The van der Waals surface area contributed by atoms with E-state index in [0.717, 1.165) is 30.7 Å². The third-order valence-corrected chi connectivity index (χ3v) is 3.70. The summed E-state index contributed by atoms with van der Waals surface area (Å²) in [5, 5.41) is 3.28. The van der Waals surface area contributed by atoms with E-state index in [1.165, 1.54) is 0 Å². The molecule has 4 nitrogen and oxygen atoms in total. The van der Waals surface area contributed by atoms with Gasteiger partial charge in [-0.3, -0.25) is 4.79 Å². The molecule has 2 atom stereocenters. The molecule has 1 aliphatic rings. The van der Waals surface area contributed by atoms with Crippen LogP contribution in [0, 0.1) is 0 Å². The maximum atomic E-state index is 11.9. The van der Waals surface area contributed by atoms with E-state index < -0.39 is 0 Å². The quantitative estimate of drug-likeness (QED) is 0.882. The van der Waals surface area contributed by atoms with E-state index in [1.807, 2.05) is 32.3 Å². The average Bonchev–Trinajstić information content (AvgIpc) is 2.74. The minimum atomic E-state index is -0.333. The van der Waals surface area contributed by atoms with Crippen molar-refractivity contribution in [3.63, 3.8) is 0 Å². The zero-order valence-electron chi connectivity index (χ0n) is 11.8. The lowest BCUT2D eigenvalue weighted by Crippen LogP contribution is -2.30. The van der Waals surface area contributed by atoms with Gasteiger partial charge >= 0.3 is 0 Å². The Morgan fingerprint density at radius 3 is 2.79 bits per heavy atom. The number of amides is 1. The van der Waals surface area contributed by atoms with Crippen molar-refractivity contribution >= 4 is 5.91 Å². The summed E-state index contributed by atoms with van der Waals surface area (Å²) in [6, 6.07) is 8.21. The van der Waals surface area contributed by atoms with Gasteiger partial charge in [-0.15, -0.1) is 0 Å². The molecule has 1 saturated heterocycles. The fraction of sp³-hybridized carbons (Fsp3) is 0.533. The van der Waals surface area contributed by atoms with Gasteiger partial charge in [0.05, 0.1) is 0 Å². The van der Waals surface area contributed by atoms with Crippen molar-refractivity contribution in [3.8, 4) is 5.75 Å². The highest BCUT2D eigenvalue weighted by Gasteiger charge is 2.31. The van der Waals surface area contributed by atoms with Crippen molar-refractivity contribution in [2.45, 2.75) is 31.9 Å². The van der Waals surface area contributed by atoms with E-state index >= 15 is 0 Å². The number of ether oxygens (including phenoxy) is 1. The van der Waals surface area contributed by atoms with Gasteiger partial charge in [0.1, 0.15) is 5.75 Å². The maximum Gasteiger partial charge on any atom is 0.263 e. The van der Waals surface area contributed by atoms with E-state index in [1.54, 1.807) is 4.90 Å². The molecule has 2 rings (SSSR count). The van der Waals surface area contributed by atoms with Crippen molar-refractivity contribution in [2.24, 2.45) is 0 Å². The number of likely N-dealkylation sites (N-methyl/N-ethyl adjacent to an activating group) is 1. The average molecular weight is 262 g/mol. The number of carbonyl (C=O) groups is 1.